The van der Waals surface area contributed by atoms with Crippen LogP contribution in [0.3, 0.4) is 0 Å². The molecule has 0 saturated carbocycles. The van der Waals surface area contributed by atoms with Crippen molar-refractivity contribution < 1.29 is 9.59 Å². The highest BCUT2D eigenvalue weighted by molar-refractivity contribution is 6.24. The van der Waals surface area contributed by atoms with Gasteiger partial charge in [-0.1, -0.05) is 0 Å². The molecule has 14 heavy (non-hydrogen) atoms. The average Bonchev–Trinajstić information content (AvgIpc) is 2.48. The molecule has 2 N–H and O–H groups in total. The molecule has 5 heteroatoms. The van der Waals surface area contributed by atoms with Gasteiger partial charge in [0.25, 0.3) is 0 Å². The molecule has 76 valence electrons. The molecule has 0 fully saturated rings. The van der Waals surface area contributed by atoms with Crippen molar-refractivity contribution in [2.75, 3.05) is 0 Å². The quantitative estimate of drug-likeness (QED) is 0.541. The zero-order valence-electron chi connectivity index (χ0n) is 8.23. The van der Waals surface area contributed by atoms with Gasteiger partial charge in [0.15, 0.2) is 6.29 Å². The van der Waals surface area contributed by atoms with Gasteiger partial charge in [-0.2, -0.15) is 5.10 Å². The summed E-state index contributed by atoms with van der Waals surface area (Å²) in [5.41, 5.74) is 7.40. The van der Waals surface area contributed by atoms with Gasteiger partial charge in [-0.3, -0.25) is 14.3 Å². The monoisotopic (exact) mass is 195 g/mol. The summed E-state index contributed by atoms with van der Waals surface area (Å²) in [7, 11) is 0. The zero-order valence-corrected chi connectivity index (χ0v) is 8.23. The molecule has 1 aromatic rings. The fraction of sp³-hybridized carbons (Fsp3) is 0.444. The number of hydrogen-bond acceptors (Lipinski definition) is 4. The minimum absolute atomic E-state index is 0.0119. The van der Waals surface area contributed by atoms with Gasteiger partial charge in [0.05, 0.1) is 6.20 Å². The first kappa shape index (κ1) is 10.6. The van der Waals surface area contributed by atoms with E-state index in [9.17, 15) is 9.59 Å². The van der Waals surface area contributed by atoms with Crippen LogP contribution in [-0.4, -0.2) is 21.8 Å². The second-order valence-corrected chi connectivity index (χ2v) is 3.22. The Bertz CT molecular complexity index is 355. The number of nitrogens with zero attached hydrogens (tertiary/aromatic N) is 2. The van der Waals surface area contributed by atoms with E-state index in [4.69, 9.17) is 5.73 Å². The molecule has 0 saturated heterocycles. The molecule has 5 nitrogen and oxygen atoms in total. The molecule has 0 aliphatic heterocycles. The van der Waals surface area contributed by atoms with Gasteiger partial charge in [0.1, 0.15) is 6.54 Å². The van der Waals surface area contributed by atoms with E-state index in [0.717, 1.165) is 11.3 Å². The summed E-state index contributed by atoms with van der Waals surface area (Å²) in [6.07, 6.45) is 1.92. The van der Waals surface area contributed by atoms with Crippen molar-refractivity contribution in [2.45, 2.75) is 26.4 Å². The molecule has 1 aromatic heterocycles. The van der Waals surface area contributed by atoms with Crippen molar-refractivity contribution in [1.82, 2.24) is 9.78 Å². The van der Waals surface area contributed by atoms with Gasteiger partial charge in [0, 0.05) is 17.3 Å². The Morgan fingerprint density at radius 3 is 2.86 bits per heavy atom. The number of carbonyl (C=O) groups is 2. The Kier molecular flexibility index (Phi) is 3.14. The first-order chi connectivity index (χ1) is 6.56. The zero-order chi connectivity index (χ0) is 10.7. The molecule has 1 unspecified atom stereocenters. The van der Waals surface area contributed by atoms with Crippen LogP contribution in [0.2, 0.25) is 0 Å². The normalized spacial score (nSPS) is 12.5. The summed E-state index contributed by atoms with van der Waals surface area (Å²) < 4.78 is 1.48. The van der Waals surface area contributed by atoms with E-state index in [1.165, 1.54) is 4.68 Å². The Morgan fingerprint density at radius 2 is 2.43 bits per heavy atom. The molecule has 1 heterocycles. The average molecular weight is 195 g/mol. The van der Waals surface area contributed by atoms with Crippen LogP contribution >= 0.6 is 0 Å². The molecule has 0 amide bonds. The highest BCUT2D eigenvalue weighted by atomic mass is 16.2. The number of rotatable bonds is 4. The molecule has 1 rings (SSSR count). The van der Waals surface area contributed by atoms with Gasteiger partial charge >= 0.3 is 0 Å². The van der Waals surface area contributed by atoms with E-state index in [1.54, 1.807) is 6.20 Å². The number of carbonyl (C=O) groups excluding carboxylic acids is 2. The first-order valence-corrected chi connectivity index (χ1v) is 4.32. The fourth-order valence-corrected chi connectivity index (χ4v) is 1.25. The van der Waals surface area contributed by atoms with Crippen LogP contribution in [0.15, 0.2) is 6.20 Å². The van der Waals surface area contributed by atoms with Crippen molar-refractivity contribution >= 4 is 12.1 Å². The van der Waals surface area contributed by atoms with Crippen molar-refractivity contribution in [3.63, 3.8) is 0 Å². The van der Waals surface area contributed by atoms with E-state index < -0.39 is 5.78 Å². The van der Waals surface area contributed by atoms with Crippen LogP contribution in [0.4, 0.5) is 0 Å². The van der Waals surface area contributed by atoms with Gasteiger partial charge in [-0.25, -0.2) is 0 Å². The Labute approximate surface area is 81.9 Å². The third kappa shape index (κ3) is 2.05. The number of ketones is 1. The molecule has 0 bridgehead atoms. The van der Waals surface area contributed by atoms with E-state index in [2.05, 4.69) is 5.10 Å². The number of hydrogen-bond donors (Lipinski definition) is 1. The number of Topliss-reactive ketones (excluding diaryl/α,β-unsaturated/α-hetero) is 1. The summed E-state index contributed by atoms with van der Waals surface area (Å²) in [5, 5.41) is 3.98. The fourth-order valence-electron chi connectivity index (χ4n) is 1.25. The minimum Gasteiger partial charge on any atom is -0.324 e. The maximum Gasteiger partial charge on any atom is 0.216 e. The van der Waals surface area contributed by atoms with Crippen molar-refractivity contribution in [3.05, 3.63) is 17.5 Å². The lowest BCUT2D eigenvalue weighted by atomic mass is 10.1. The Morgan fingerprint density at radius 1 is 1.79 bits per heavy atom. The number of nitrogens with two attached hydrogens (primary N) is 1. The predicted molar refractivity (Wildman–Crippen MR) is 50.6 cm³/mol. The van der Waals surface area contributed by atoms with Crippen LogP contribution in [-0.2, 0) is 16.1 Å². The molecule has 0 spiro atoms. The summed E-state index contributed by atoms with van der Waals surface area (Å²) in [5.74, 6) is -0.493. The van der Waals surface area contributed by atoms with E-state index in [1.807, 2.05) is 13.8 Å². The molecule has 1 atom stereocenters. The van der Waals surface area contributed by atoms with Gasteiger partial charge in [0.2, 0.25) is 5.78 Å². The largest absolute Gasteiger partial charge is 0.324 e. The lowest BCUT2D eigenvalue weighted by Crippen LogP contribution is -2.14. The van der Waals surface area contributed by atoms with Crippen LogP contribution in [0.1, 0.15) is 24.2 Å². The third-order valence-corrected chi connectivity index (χ3v) is 2.07. The maximum atomic E-state index is 10.9. The highest BCUT2D eigenvalue weighted by Gasteiger charge is 2.11. The van der Waals surface area contributed by atoms with Crippen molar-refractivity contribution in [1.29, 1.82) is 0 Å². The topological polar surface area (TPSA) is 78.0 Å². The van der Waals surface area contributed by atoms with Crippen LogP contribution < -0.4 is 5.73 Å². The van der Waals surface area contributed by atoms with E-state index >= 15 is 0 Å². The smallest absolute Gasteiger partial charge is 0.216 e. The maximum absolute atomic E-state index is 10.9. The second-order valence-electron chi connectivity index (χ2n) is 3.22. The Balaban J connectivity index is 2.90. The van der Waals surface area contributed by atoms with E-state index in [0.29, 0.717) is 6.29 Å². The molecular formula is C9H13N3O2. The van der Waals surface area contributed by atoms with Gasteiger partial charge in [-0.15, -0.1) is 0 Å². The summed E-state index contributed by atoms with van der Waals surface area (Å²) in [4.78, 5) is 21.0. The summed E-state index contributed by atoms with van der Waals surface area (Å²) in [6.45, 7) is 3.65. The van der Waals surface area contributed by atoms with Crippen LogP contribution in [0.5, 0.6) is 0 Å². The van der Waals surface area contributed by atoms with Gasteiger partial charge < -0.3 is 5.73 Å². The predicted octanol–water partition coefficient (Wildman–Crippen LogP) is -0.0208. The van der Waals surface area contributed by atoms with Crippen molar-refractivity contribution in [3.8, 4) is 0 Å². The minimum atomic E-state index is -0.493. The molecule has 0 radical (unpaired) electrons. The lowest BCUT2D eigenvalue weighted by Gasteiger charge is -2.04. The third-order valence-electron chi connectivity index (χ3n) is 2.07. The summed E-state index contributed by atoms with van der Waals surface area (Å²) >= 11 is 0. The van der Waals surface area contributed by atoms with E-state index in [-0.39, 0.29) is 12.6 Å². The molecular weight excluding hydrogens is 182 g/mol. The van der Waals surface area contributed by atoms with Gasteiger partial charge in [-0.05, 0) is 13.8 Å². The van der Waals surface area contributed by atoms with Crippen LogP contribution in [0.25, 0.3) is 0 Å². The SMILES string of the molecule is Cc1c(C(C)N)cnn1CC(=O)C=O. The molecule has 0 aliphatic rings. The van der Waals surface area contributed by atoms with Crippen molar-refractivity contribution in [2.24, 2.45) is 5.73 Å². The second kappa shape index (κ2) is 4.15. The molecule has 0 aliphatic carbocycles. The highest BCUT2D eigenvalue weighted by Crippen LogP contribution is 2.13. The summed E-state index contributed by atoms with van der Waals surface area (Å²) in [6, 6.07) is -0.116. The standard InChI is InChI=1S/C9H13N3O2/c1-6(10)9-3-11-12(7(9)2)4-8(14)5-13/h3,5-6H,4,10H2,1-2H3. The Hall–Kier alpha value is -1.49. The number of aromatic nitrogens is 2. The lowest BCUT2D eigenvalue weighted by molar-refractivity contribution is -0.130. The van der Waals surface area contributed by atoms with Crippen LogP contribution in [0, 0.1) is 6.92 Å². The molecule has 0 aromatic carbocycles. The first-order valence-electron chi connectivity index (χ1n) is 4.32. The number of aldehydes is 1.